The molecule has 2 atom stereocenters. The van der Waals surface area contributed by atoms with Crippen LogP contribution in [-0.4, -0.2) is 53.4 Å². The van der Waals surface area contributed by atoms with Gasteiger partial charge in [0.2, 0.25) is 15.6 Å². The fourth-order valence-electron chi connectivity index (χ4n) is 3.67. The molecule has 0 radical (unpaired) electrons. The lowest BCUT2D eigenvalue weighted by Gasteiger charge is -2.36. The van der Waals surface area contributed by atoms with Gasteiger partial charge in [0.05, 0.1) is 14.2 Å². The zero-order valence-corrected chi connectivity index (χ0v) is 21.5. The molecule has 0 unspecified atom stereocenters. The molecule has 1 aromatic heterocycles. The normalized spacial score (nSPS) is 14.7. The first kappa shape index (κ1) is 28.4. The van der Waals surface area contributed by atoms with E-state index >= 15 is 0 Å². The van der Waals surface area contributed by atoms with Crippen LogP contribution in [0.3, 0.4) is 0 Å². The van der Waals surface area contributed by atoms with E-state index in [0.29, 0.717) is 28.2 Å². The van der Waals surface area contributed by atoms with Gasteiger partial charge in [-0.3, -0.25) is 0 Å². The fourth-order valence-corrected chi connectivity index (χ4v) is 5.45. The van der Waals surface area contributed by atoms with Crippen LogP contribution in [0.15, 0.2) is 60.9 Å². The van der Waals surface area contributed by atoms with Crippen molar-refractivity contribution >= 4 is 10.0 Å². The summed E-state index contributed by atoms with van der Waals surface area (Å²) in [6.07, 6.45) is -3.21. The second kappa shape index (κ2) is 11.0. The quantitative estimate of drug-likeness (QED) is 0.416. The Labute approximate surface area is 213 Å². The number of nitrogens with zero attached hydrogens (tertiary/aromatic N) is 3. The molecule has 0 saturated heterocycles. The number of benzene rings is 2. The highest BCUT2D eigenvalue weighted by Gasteiger charge is 2.64. The molecular weight excluding hydrogens is 511 g/mol. The molecule has 3 rings (SSSR count). The number of methoxy groups -OCH3 is 2. The van der Waals surface area contributed by atoms with Crippen LogP contribution in [0.25, 0.3) is 0 Å². The van der Waals surface area contributed by atoms with Gasteiger partial charge in [-0.2, -0.15) is 17.5 Å². The molecule has 37 heavy (non-hydrogen) atoms. The first-order chi connectivity index (χ1) is 17.3. The second-order valence-electron chi connectivity index (χ2n) is 8.50. The van der Waals surface area contributed by atoms with Crippen LogP contribution >= 0.6 is 0 Å². The lowest BCUT2D eigenvalue weighted by Crippen LogP contribution is -2.57. The van der Waals surface area contributed by atoms with Crippen molar-refractivity contribution in [2.45, 2.75) is 44.0 Å². The highest BCUT2D eigenvalue weighted by atomic mass is 32.2. The van der Waals surface area contributed by atoms with Gasteiger partial charge in [-0.25, -0.2) is 18.4 Å². The standard InChI is InChI=1S/C25H28F3N3O5S/c1-17-13-29-23(30-14-17)24(32,25(26,27)28)18(2)37(33,34)31(15-19-5-9-21(35-3)10-6-19)16-20-7-11-22(36-4)12-8-20/h5-14,18,32H,15-16H2,1-4H3/t18-,24+/m0/s1. The summed E-state index contributed by atoms with van der Waals surface area (Å²) in [5.74, 6) is 0.0183. The van der Waals surface area contributed by atoms with Crippen molar-refractivity contribution < 1.29 is 36.2 Å². The number of halogens is 3. The fraction of sp³-hybridized carbons (Fsp3) is 0.360. The van der Waals surface area contributed by atoms with E-state index in [-0.39, 0.29) is 13.1 Å². The molecule has 0 fully saturated rings. The largest absolute Gasteiger partial charge is 0.497 e. The van der Waals surface area contributed by atoms with E-state index in [1.165, 1.54) is 14.2 Å². The highest BCUT2D eigenvalue weighted by Crippen LogP contribution is 2.43. The van der Waals surface area contributed by atoms with Gasteiger partial charge in [0.15, 0.2) is 5.82 Å². The summed E-state index contributed by atoms with van der Waals surface area (Å²) in [5, 5.41) is 8.57. The van der Waals surface area contributed by atoms with Crippen LogP contribution in [0.2, 0.25) is 0 Å². The molecule has 8 nitrogen and oxygen atoms in total. The van der Waals surface area contributed by atoms with E-state index in [9.17, 15) is 26.7 Å². The Morgan fingerprint density at radius 2 is 1.30 bits per heavy atom. The summed E-state index contributed by atoms with van der Waals surface area (Å²) in [5.41, 5.74) is -2.40. The molecule has 0 amide bonds. The summed E-state index contributed by atoms with van der Waals surface area (Å²) in [4.78, 5) is 7.25. The number of aromatic nitrogens is 2. The zero-order valence-electron chi connectivity index (χ0n) is 20.7. The maximum absolute atomic E-state index is 14.3. The van der Waals surface area contributed by atoms with Crippen molar-refractivity contribution in [3.63, 3.8) is 0 Å². The van der Waals surface area contributed by atoms with Crippen LogP contribution < -0.4 is 9.47 Å². The Hall–Kier alpha value is -3.22. The van der Waals surface area contributed by atoms with Gasteiger partial charge < -0.3 is 14.6 Å². The van der Waals surface area contributed by atoms with Crippen molar-refractivity contribution in [3.8, 4) is 11.5 Å². The molecule has 1 heterocycles. The number of aryl methyl sites for hydroxylation is 1. The molecular formula is C25H28F3N3O5S. The Bertz CT molecular complexity index is 1240. The third-order valence-electron chi connectivity index (χ3n) is 5.98. The third kappa shape index (κ3) is 6.03. The maximum atomic E-state index is 14.3. The van der Waals surface area contributed by atoms with Gasteiger partial charge in [-0.15, -0.1) is 0 Å². The van der Waals surface area contributed by atoms with Gasteiger partial charge in [-0.1, -0.05) is 24.3 Å². The number of alkyl halides is 3. The summed E-state index contributed by atoms with van der Waals surface area (Å²) in [6, 6.07) is 12.9. The smallest absolute Gasteiger partial charge is 0.425 e. The summed E-state index contributed by atoms with van der Waals surface area (Å²) < 4.78 is 81.6. The summed E-state index contributed by atoms with van der Waals surface area (Å²) >= 11 is 0. The molecule has 0 bridgehead atoms. The van der Waals surface area contributed by atoms with Gasteiger partial charge >= 0.3 is 6.18 Å². The monoisotopic (exact) mass is 539 g/mol. The molecule has 1 N–H and O–H groups in total. The number of sulfonamides is 1. The number of rotatable bonds is 10. The average Bonchev–Trinajstić information content (AvgIpc) is 2.88. The van der Waals surface area contributed by atoms with Crippen molar-refractivity contribution in [1.82, 2.24) is 14.3 Å². The minimum Gasteiger partial charge on any atom is -0.497 e. The molecule has 0 aliphatic heterocycles. The molecule has 12 heteroatoms. The number of ether oxygens (including phenoxy) is 2. The maximum Gasteiger partial charge on any atom is 0.425 e. The molecule has 0 aliphatic rings. The first-order valence-electron chi connectivity index (χ1n) is 11.2. The Morgan fingerprint density at radius 1 is 0.892 bits per heavy atom. The molecule has 0 spiro atoms. The first-order valence-corrected chi connectivity index (χ1v) is 12.7. The van der Waals surface area contributed by atoms with Crippen molar-refractivity contribution in [3.05, 3.63) is 83.4 Å². The van der Waals surface area contributed by atoms with Crippen LogP contribution in [0, 0.1) is 6.92 Å². The van der Waals surface area contributed by atoms with Crippen LogP contribution in [0.4, 0.5) is 13.2 Å². The second-order valence-corrected chi connectivity index (χ2v) is 10.8. The van der Waals surface area contributed by atoms with Crippen molar-refractivity contribution in [2.75, 3.05) is 14.2 Å². The van der Waals surface area contributed by atoms with Gasteiger partial charge in [0, 0.05) is 25.5 Å². The van der Waals surface area contributed by atoms with Gasteiger partial charge in [0.1, 0.15) is 16.7 Å². The minimum atomic E-state index is -5.39. The predicted octanol–water partition coefficient (Wildman–Crippen LogP) is 3.97. The lowest BCUT2D eigenvalue weighted by atomic mass is 9.98. The summed E-state index contributed by atoms with van der Waals surface area (Å²) in [6.45, 7) is 1.85. The third-order valence-corrected chi connectivity index (χ3v) is 8.20. The van der Waals surface area contributed by atoms with Gasteiger partial charge in [-0.05, 0) is 54.8 Å². The summed E-state index contributed by atoms with van der Waals surface area (Å²) in [7, 11) is -1.86. The van der Waals surface area contributed by atoms with E-state index in [4.69, 9.17) is 9.47 Å². The predicted molar refractivity (Wildman–Crippen MR) is 130 cm³/mol. The number of hydrogen-bond acceptors (Lipinski definition) is 7. The molecule has 0 saturated carbocycles. The molecule has 0 aliphatic carbocycles. The van der Waals surface area contributed by atoms with Crippen LogP contribution in [0.1, 0.15) is 29.4 Å². The average molecular weight is 540 g/mol. The molecule has 3 aromatic rings. The van der Waals surface area contributed by atoms with E-state index in [1.807, 2.05) is 0 Å². The minimum absolute atomic E-state index is 0.259. The zero-order chi connectivity index (χ0) is 27.4. The van der Waals surface area contributed by atoms with E-state index in [1.54, 1.807) is 55.5 Å². The van der Waals surface area contributed by atoms with Crippen LogP contribution in [-0.2, 0) is 28.7 Å². The SMILES string of the molecule is COc1ccc(CN(Cc2ccc(OC)cc2)S(=O)(=O)[C@@H](C)[C@@](O)(c2ncc(C)cn2)C(F)(F)F)cc1. The number of aliphatic hydroxyl groups is 1. The topological polar surface area (TPSA) is 102 Å². The van der Waals surface area contributed by atoms with E-state index in [0.717, 1.165) is 23.6 Å². The van der Waals surface area contributed by atoms with Crippen molar-refractivity contribution in [1.29, 1.82) is 0 Å². The number of hydrogen-bond donors (Lipinski definition) is 1. The molecule has 200 valence electrons. The lowest BCUT2D eigenvalue weighted by molar-refractivity contribution is -0.269. The molecule has 2 aromatic carbocycles. The Morgan fingerprint density at radius 3 is 1.65 bits per heavy atom. The Balaban J connectivity index is 2.07. The van der Waals surface area contributed by atoms with Gasteiger partial charge in [0.25, 0.3) is 0 Å². The van der Waals surface area contributed by atoms with Crippen molar-refractivity contribution in [2.24, 2.45) is 0 Å². The van der Waals surface area contributed by atoms with E-state index in [2.05, 4.69) is 9.97 Å². The Kier molecular flexibility index (Phi) is 8.45. The van der Waals surface area contributed by atoms with Crippen LogP contribution in [0.5, 0.6) is 11.5 Å². The van der Waals surface area contributed by atoms with E-state index < -0.39 is 32.9 Å². The highest BCUT2D eigenvalue weighted by molar-refractivity contribution is 7.89.